The minimum Gasteiger partial charge on any atom is -0.507 e. The predicted octanol–water partition coefficient (Wildman–Crippen LogP) is 4.94. The lowest BCUT2D eigenvalue weighted by molar-refractivity contribution is -0.141. The van der Waals surface area contributed by atoms with Crippen LogP contribution in [0.15, 0.2) is 70.7 Å². The minimum atomic E-state index is -0.801. The van der Waals surface area contributed by atoms with E-state index in [1.54, 1.807) is 23.5 Å². The first-order valence-electron chi connectivity index (χ1n) is 21.3. The van der Waals surface area contributed by atoms with Crippen LogP contribution in [0.3, 0.4) is 0 Å². The lowest BCUT2D eigenvalue weighted by atomic mass is 9.91. The highest BCUT2D eigenvalue weighted by atomic mass is 32.1. The molecule has 4 N–H and O–H groups in total. The maximum absolute atomic E-state index is 14.2. The maximum Gasteiger partial charge on any atom is 0.243 e. The molecule has 2 aromatic carbocycles. The number of nitrogens with zero attached hydrogens (tertiary/aromatic N) is 8. The SMILES string of the molecule is Cc1ncsc1-c1ccc(C(C)NC(=O)[C@@H]2C[C@@H](O)CN2C(=O)C(c2cc(CCN(C)CCN3CCN4c5cc(-c6ccccc6O)nnc5NC[C@H]4C3)no2)C(C)C)cc1. The van der Waals surface area contributed by atoms with Crippen molar-refractivity contribution in [2.24, 2.45) is 5.92 Å². The van der Waals surface area contributed by atoms with Gasteiger partial charge in [0, 0.05) is 76.8 Å². The number of β-amino-alcohol motifs (C(OH)–C–C–N with tert-alkyl or cyclic N) is 1. The summed E-state index contributed by atoms with van der Waals surface area (Å²) in [6.45, 7) is 14.0. The van der Waals surface area contributed by atoms with E-state index in [-0.39, 0.29) is 48.5 Å². The van der Waals surface area contributed by atoms with Gasteiger partial charge in [-0.1, -0.05) is 55.4 Å². The summed E-state index contributed by atoms with van der Waals surface area (Å²) in [7, 11) is 2.11. The third-order valence-electron chi connectivity index (χ3n) is 12.3. The van der Waals surface area contributed by atoms with Gasteiger partial charge in [-0.05, 0) is 56.1 Å². The molecule has 2 unspecified atom stereocenters. The van der Waals surface area contributed by atoms with Crippen LogP contribution >= 0.6 is 11.3 Å². The van der Waals surface area contributed by atoms with Gasteiger partial charge in [-0.25, -0.2) is 4.98 Å². The molecule has 61 heavy (non-hydrogen) atoms. The summed E-state index contributed by atoms with van der Waals surface area (Å²) < 4.78 is 5.84. The van der Waals surface area contributed by atoms with Gasteiger partial charge < -0.3 is 40.1 Å². The number of anilines is 2. The van der Waals surface area contributed by atoms with E-state index in [1.807, 2.05) is 81.7 Å². The first-order valence-corrected chi connectivity index (χ1v) is 22.1. The Labute approximate surface area is 360 Å². The van der Waals surface area contributed by atoms with Crippen molar-refractivity contribution in [1.29, 1.82) is 0 Å². The summed E-state index contributed by atoms with van der Waals surface area (Å²) in [4.78, 5) is 42.1. The van der Waals surface area contributed by atoms with E-state index >= 15 is 0 Å². The zero-order valence-electron chi connectivity index (χ0n) is 35.5. The number of piperazine rings is 1. The predicted molar refractivity (Wildman–Crippen MR) is 235 cm³/mol. The standard InChI is InChI=1S/C45H56N10O5S/c1-27(2)41(45(59)55-25-34(56)21-38(55)44(58)48-28(3)30-10-12-31(13-11-30)42-29(4)47-26-61-42)40-20-32(51-60-40)14-15-52(5)16-17-53-18-19-54-33(24-53)23-46-43-37(54)22-36(49-50-43)35-8-6-7-9-39(35)57/h6-13,20,22,26-28,33-34,38,41,56-57H,14-19,21,23-25H2,1-5H3,(H,46,50)(H,48,58)/t28?,33-,34+,38-,41?/m0/s1. The number of rotatable bonds is 14. The number of hydrogen-bond acceptors (Lipinski definition) is 14. The van der Waals surface area contributed by atoms with Gasteiger partial charge in [-0.2, -0.15) is 0 Å². The Bertz CT molecular complexity index is 2320. The van der Waals surface area contributed by atoms with Gasteiger partial charge in [-0.15, -0.1) is 21.5 Å². The van der Waals surface area contributed by atoms with E-state index in [0.29, 0.717) is 23.4 Å². The van der Waals surface area contributed by atoms with E-state index in [9.17, 15) is 19.8 Å². The molecule has 0 bridgehead atoms. The third kappa shape index (κ3) is 9.27. The van der Waals surface area contributed by atoms with Gasteiger partial charge in [0.05, 0.1) is 51.3 Å². The van der Waals surface area contributed by atoms with Crippen LogP contribution in [0.4, 0.5) is 11.5 Å². The Hall–Kier alpha value is -5.42. The fourth-order valence-electron chi connectivity index (χ4n) is 8.81. The van der Waals surface area contributed by atoms with Crippen molar-refractivity contribution in [3.63, 3.8) is 0 Å². The third-order valence-corrected chi connectivity index (χ3v) is 13.3. The zero-order chi connectivity index (χ0) is 42.8. The Balaban J connectivity index is 0.825. The highest BCUT2D eigenvalue weighted by molar-refractivity contribution is 7.13. The molecule has 322 valence electrons. The normalized spacial score (nSPS) is 20.0. The van der Waals surface area contributed by atoms with Crippen LogP contribution in [0, 0.1) is 12.8 Å². The number of amides is 2. The van der Waals surface area contributed by atoms with E-state index in [1.165, 1.54) is 4.90 Å². The molecular weight excluding hydrogens is 793 g/mol. The quantitative estimate of drug-likeness (QED) is 0.118. The molecule has 5 aromatic rings. The largest absolute Gasteiger partial charge is 0.507 e. The number of carbonyl (C=O) groups excluding carboxylic acids is 2. The summed E-state index contributed by atoms with van der Waals surface area (Å²) in [5.74, 6) is 0.122. The molecule has 3 aliphatic heterocycles. The fourth-order valence-corrected chi connectivity index (χ4v) is 9.63. The zero-order valence-corrected chi connectivity index (χ0v) is 36.3. The van der Waals surface area contributed by atoms with Crippen LogP contribution < -0.4 is 15.5 Å². The van der Waals surface area contributed by atoms with Gasteiger partial charge >= 0.3 is 0 Å². The summed E-state index contributed by atoms with van der Waals surface area (Å²) in [6.07, 6.45) is 0.0295. The van der Waals surface area contributed by atoms with Gasteiger partial charge in [0.15, 0.2) is 5.82 Å². The lowest BCUT2D eigenvalue weighted by Gasteiger charge is -2.46. The van der Waals surface area contributed by atoms with E-state index in [4.69, 9.17) is 4.52 Å². The first-order chi connectivity index (χ1) is 29.4. The first kappa shape index (κ1) is 42.3. The molecule has 8 rings (SSSR count). The summed E-state index contributed by atoms with van der Waals surface area (Å²) in [5.41, 5.74) is 7.95. The van der Waals surface area contributed by atoms with Gasteiger partial charge in [-0.3, -0.25) is 14.5 Å². The van der Waals surface area contributed by atoms with Gasteiger partial charge in [0.2, 0.25) is 11.8 Å². The smallest absolute Gasteiger partial charge is 0.243 e. The molecule has 3 aliphatic rings. The van der Waals surface area contributed by atoms with Crippen molar-refractivity contribution in [3.05, 3.63) is 88.9 Å². The molecule has 6 heterocycles. The molecule has 2 amide bonds. The number of benzene rings is 2. The van der Waals surface area contributed by atoms with Crippen molar-refractivity contribution in [2.45, 2.75) is 70.7 Å². The molecule has 2 saturated heterocycles. The molecule has 16 heteroatoms. The van der Waals surface area contributed by atoms with Crippen molar-refractivity contribution in [1.82, 2.24) is 40.4 Å². The highest BCUT2D eigenvalue weighted by Crippen LogP contribution is 2.37. The van der Waals surface area contributed by atoms with Crippen LogP contribution in [0.25, 0.3) is 21.7 Å². The number of aromatic nitrogens is 4. The minimum absolute atomic E-state index is 0.0814. The molecular formula is C45H56N10O5S. The Morgan fingerprint density at radius 1 is 1.05 bits per heavy atom. The average Bonchev–Trinajstić information content (AvgIpc) is 4.02. The monoisotopic (exact) mass is 848 g/mol. The molecule has 0 aliphatic carbocycles. The Morgan fingerprint density at radius 2 is 1.85 bits per heavy atom. The van der Waals surface area contributed by atoms with Crippen LogP contribution in [0.1, 0.15) is 61.9 Å². The summed E-state index contributed by atoms with van der Waals surface area (Å²) in [5, 5.41) is 40.8. The maximum atomic E-state index is 14.2. The number of aromatic hydroxyl groups is 1. The van der Waals surface area contributed by atoms with E-state index in [2.05, 4.69) is 52.7 Å². The number of para-hydroxylation sites is 1. The molecule has 0 radical (unpaired) electrons. The molecule has 5 atom stereocenters. The van der Waals surface area contributed by atoms with Crippen molar-refractivity contribution in [2.75, 3.05) is 69.6 Å². The second-order valence-electron chi connectivity index (χ2n) is 17.0. The second kappa shape index (κ2) is 18.3. The van der Waals surface area contributed by atoms with Crippen molar-refractivity contribution < 1.29 is 24.3 Å². The van der Waals surface area contributed by atoms with Gasteiger partial charge in [0.1, 0.15) is 23.5 Å². The van der Waals surface area contributed by atoms with E-state index < -0.39 is 18.1 Å². The number of thiazole rings is 1. The number of aliphatic hydroxyl groups is 1. The van der Waals surface area contributed by atoms with Crippen molar-refractivity contribution in [3.8, 4) is 27.4 Å². The molecule has 15 nitrogen and oxygen atoms in total. The number of aliphatic hydroxyl groups excluding tert-OH is 1. The average molecular weight is 849 g/mol. The van der Waals surface area contributed by atoms with Gasteiger partial charge in [0.25, 0.3) is 0 Å². The summed E-state index contributed by atoms with van der Waals surface area (Å²) >= 11 is 1.60. The fraction of sp³-hybridized carbons (Fsp3) is 0.467. The summed E-state index contributed by atoms with van der Waals surface area (Å²) in [6, 6.07) is 18.4. The lowest BCUT2D eigenvalue weighted by Crippen LogP contribution is -2.58. The van der Waals surface area contributed by atoms with Crippen molar-refractivity contribution >= 4 is 34.7 Å². The molecule has 3 aromatic heterocycles. The number of likely N-dealkylation sites (N-methyl/N-ethyl adjacent to an activating group) is 1. The number of likely N-dealkylation sites (tertiary alicyclic amines) is 1. The molecule has 0 saturated carbocycles. The number of hydrogen-bond donors (Lipinski definition) is 4. The van der Waals surface area contributed by atoms with Crippen LogP contribution in [-0.2, 0) is 16.0 Å². The van der Waals surface area contributed by atoms with Crippen LogP contribution in [0.2, 0.25) is 0 Å². The van der Waals surface area contributed by atoms with Crippen LogP contribution in [0.5, 0.6) is 5.75 Å². The molecule has 0 spiro atoms. The number of fused-ring (bicyclic) bond motifs is 3. The Morgan fingerprint density at radius 3 is 2.61 bits per heavy atom. The second-order valence-corrected chi connectivity index (χ2v) is 17.9. The van der Waals surface area contributed by atoms with Crippen LogP contribution in [-0.4, -0.2) is 135 Å². The number of aryl methyl sites for hydroxylation is 1. The highest BCUT2D eigenvalue weighted by Gasteiger charge is 2.43. The number of nitrogens with one attached hydrogen (secondary N) is 2. The number of phenols is 1. The number of phenolic OH excluding ortho intramolecular Hbond substituents is 1. The Kier molecular flexibility index (Phi) is 12.7. The topological polar surface area (TPSA) is 176 Å². The van der Waals surface area contributed by atoms with E-state index in [0.717, 1.165) is 84.7 Å². The molecule has 2 fully saturated rings. The number of carbonyl (C=O) groups is 2.